The van der Waals surface area contributed by atoms with Gasteiger partial charge in [0, 0.05) is 59.0 Å². The third kappa shape index (κ3) is 8.16. The van der Waals surface area contributed by atoms with Crippen molar-refractivity contribution in [3.63, 3.8) is 0 Å². The summed E-state index contributed by atoms with van der Waals surface area (Å²) in [7, 11) is 0. The molecule has 69 heavy (non-hydrogen) atoms. The van der Waals surface area contributed by atoms with Gasteiger partial charge in [0.25, 0.3) is 0 Å². The van der Waals surface area contributed by atoms with Crippen LogP contribution < -0.4 is 15.4 Å². The van der Waals surface area contributed by atoms with Crippen molar-refractivity contribution in [2.45, 2.75) is 52.0 Å². The van der Waals surface area contributed by atoms with Crippen LogP contribution in [0.2, 0.25) is 0 Å². The molecule has 0 radical (unpaired) electrons. The van der Waals surface area contributed by atoms with Crippen LogP contribution in [0.5, 0.6) is 11.5 Å². The van der Waals surface area contributed by atoms with E-state index in [-0.39, 0.29) is 5.41 Å². The molecule has 11 aromatic rings. The summed E-state index contributed by atoms with van der Waals surface area (Å²) in [5.41, 5.74) is 16.2. The minimum absolute atomic E-state index is 0.0170. The molecule has 0 atom stereocenters. The summed E-state index contributed by atoms with van der Waals surface area (Å²) in [5.74, 6) is 3.50. The maximum absolute atomic E-state index is 6.73. The topological polar surface area (TPSA) is 68.9 Å². The Morgan fingerprint density at radius 3 is 2.04 bits per heavy atom. The van der Waals surface area contributed by atoms with Gasteiger partial charge in [-0.2, -0.15) is 0 Å². The van der Waals surface area contributed by atoms with Crippen molar-refractivity contribution >= 4 is 55.6 Å². The highest BCUT2D eigenvalue weighted by Crippen LogP contribution is 2.41. The summed E-state index contributed by atoms with van der Waals surface area (Å²) in [6.45, 7) is 7.68. The number of imidazole rings is 1. The average Bonchev–Trinajstić information content (AvgIpc) is 3.91. The Bertz CT molecular complexity index is 3690. The molecule has 0 bridgehead atoms. The molecule has 0 spiro atoms. The number of benzene rings is 8. The average molecular weight is 897 g/mol. The Morgan fingerprint density at radius 1 is 0.507 bits per heavy atom. The minimum atomic E-state index is -0.0170. The van der Waals surface area contributed by atoms with Crippen LogP contribution >= 0.6 is 0 Å². The number of aromatic nitrogens is 4. The summed E-state index contributed by atoms with van der Waals surface area (Å²) in [6.07, 6.45) is 5.20. The van der Waals surface area contributed by atoms with Crippen LogP contribution in [0.15, 0.2) is 200 Å². The fourth-order valence-corrected chi connectivity index (χ4v) is 9.96. The summed E-state index contributed by atoms with van der Waals surface area (Å²) >= 11 is 0. The molecule has 0 saturated carbocycles. The Labute approximate surface area is 402 Å². The van der Waals surface area contributed by atoms with Crippen LogP contribution in [-0.2, 0) is 18.4 Å². The van der Waals surface area contributed by atoms with E-state index in [1.165, 1.54) is 27.6 Å². The van der Waals surface area contributed by atoms with Gasteiger partial charge < -0.3 is 19.9 Å². The molecule has 0 amide bonds. The van der Waals surface area contributed by atoms with Crippen molar-refractivity contribution < 1.29 is 4.74 Å². The second-order valence-corrected chi connectivity index (χ2v) is 19.2. The molecule has 0 saturated heterocycles. The smallest absolute Gasteiger partial charge is 0.137 e. The SMILES string of the molecule is CC(C)(C)c1ccnc(-n2c3ccccc3c3ccc(Oc4cccc(Nc5cc6nc7n(c6cc5Nc5ccc(-c6ccccc6)cc5-c5cccc(-c6ccccc6)c5)CCCC7)c4)cc32)c1. The van der Waals surface area contributed by atoms with E-state index in [1.807, 2.05) is 18.3 Å². The molecule has 3 aromatic heterocycles. The zero-order valence-corrected chi connectivity index (χ0v) is 39.1. The van der Waals surface area contributed by atoms with Gasteiger partial charge in [-0.05, 0) is 124 Å². The van der Waals surface area contributed by atoms with Crippen LogP contribution in [0.1, 0.15) is 45.0 Å². The number of aryl methyl sites for hydroxylation is 2. The fraction of sp³-hybridized carbons (Fsp3) is 0.129. The lowest BCUT2D eigenvalue weighted by Gasteiger charge is -2.20. The first-order valence-corrected chi connectivity index (χ1v) is 24.0. The van der Waals surface area contributed by atoms with E-state index in [1.54, 1.807) is 0 Å². The third-order valence-corrected chi connectivity index (χ3v) is 13.5. The summed E-state index contributed by atoms with van der Waals surface area (Å²) in [6, 6.07) is 68.7. The summed E-state index contributed by atoms with van der Waals surface area (Å²) < 4.78 is 11.4. The third-order valence-electron chi connectivity index (χ3n) is 13.5. The van der Waals surface area contributed by atoms with Crippen molar-refractivity contribution in [2.75, 3.05) is 10.6 Å². The molecule has 12 rings (SSSR count). The Balaban J connectivity index is 0.919. The molecule has 1 aliphatic rings. The number of hydrogen-bond donors (Lipinski definition) is 2. The number of anilines is 4. The quantitative estimate of drug-likeness (QED) is 0.143. The van der Waals surface area contributed by atoms with Crippen LogP contribution in [0.4, 0.5) is 22.7 Å². The van der Waals surface area contributed by atoms with Gasteiger partial charge in [-0.15, -0.1) is 0 Å². The Morgan fingerprint density at radius 2 is 1.22 bits per heavy atom. The molecule has 0 unspecified atom stereocenters. The van der Waals surface area contributed by atoms with E-state index >= 15 is 0 Å². The zero-order valence-electron chi connectivity index (χ0n) is 39.1. The number of nitrogens with one attached hydrogen (secondary N) is 2. The second kappa shape index (κ2) is 17.3. The van der Waals surface area contributed by atoms with Crippen LogP contribution in [0.25, 0.3) is 72.0 Å². The summed E-state index contributed by atoms with van der Waals surface area (Å²) in [5, 5.41) is 10.1. The highest BCUT2D eigenvalue weighted by Gasteiger charge is 2.21. The van der Waals surface area contributed by atoms with E-state index in [2.05, 4.69) is 223 Å². The monoisotopic (exact) mass is 896 g/mol. The van der Waals surface area contributed by atoms with Crippen LogP contribution in [0.3, 0.4) is 0 Å². The Kier molecular flexibility index (Phi) is 10.5. The van der Waals surface area contributed by atoms with E-state index in [4.69, 9.17) is 14.7 Å². The van der Waals surface area contributed by atoms with E-state index < -0.39 is 0 Å². The lowest BCUT2D eigenvalue weighted by molar-refractivity contribution is 0.483. The molecule has 2 N–H and O–H groups in total. The molecular formula is C62H52N6O. The second-order valence-electron chi connectivity index (χ2n) is 19.2. The van der Waals surface area contributed by atoms with Gasteiger partial charge >= 0.3 is 0 Å². The van der Waals surface area contributed by atoms with E-state index in [0.717, 1.165) is 116 Å². The van der Waals surface area contributed by atoms with Crippen molar-refractivity contribution in [3.05, 3.63) is 212 Å². The summed E-state index contributed by atoms with van der Waals surface area (Å²) in [4.78, 5) is 10.1. The molecular weight excluding hydrogens is 845 g/mol. The molecule has 0 fully saturated rings. The number of para-hydroxylation sites is 1. The molecule has 4 heterocycles. The first kappa shape index (κ1) is 42.0. The Hall–Kier alpha value is -8.42. The standard InChI is InChI=1S/C62H52N6O/c1-62(2,3)46-31-32-63-61(36-46)68-57-25-11-10-24-50(57)51-29-28-49(38-58(51)68)69-48-23-15-22-47(37-48)64-54-39-56-59(67-33-13-12-26-60(67)66-56)40-55(54)65-53-30-27-44(42-18-8-5-9-19-42)35-52(53)45-21-14-20-43(34-45)41-16-6-4-7-17-41/h4-11,14-25,27-32,34-40,64-65H,12-13,26,33H2,1-3H3. The lowest BCUT2D eigenvalue weighted by atomic mass is 9.88. The normalized spacial score (nSPS) is 12.6. The number of nitrogens with zero attached hydrogens (tertiary/aromatic N) is 4. The van der Waals surface area contributed by atoms with Gasteiger partial charge in [-0.1, -0.05) is 130 Å². The zero-order chi connectivity index (χ0) is 46.5. The predicted molar refractivity (Wildman–Crippen MR) is 286 cm³/mol. The molecule has 7 nitrogen and oxygen atoms in total. The first-order chi connectivity index (χ1) is 33.8. The minimum Gasteiger partial charge on any atom is -0.457 e. The predicted octanol–water partition coefficient (Wildman–Crippen LogP) is 16.4. The molecule has 0 aliphatic carbocycles. The molecule has 336 valence electrons. The number of fused-ring (bicyclic) bond motifs is 6. The lowest BCUT2D eigenvalue weighted by Crippen LogP contribution is -2.12. The largest absolute Gasteiger partial charge is 0.457 e. The van der Waals surface area contributed by atoms with Crippen molar-refractivity contribution in [1.82, 2.24) is 19.1 Å². The van der Waals surface area contributed by atoms with E-state index in [0.29, 0.717) is 0 Å². The van der Waals surface area contributed by atoms with Crippen molar-refractivity contribution in [2.24, 2.45) is 0 Å². The van der Waals surface area contributed by atoms with Gasteiger partial charge in [-0.3, -0.25) is 4.57 Å². The molecule has 1 aliphatic heterocycles. The van der Waals surface area contributed by atoms with Gasteiger partial charge in [0.2, 0.25) is 0 Å². The number of rotatable bonds is 10. The maximum Gasteiger partial charge on any atom is 0.137 e. The van der Waals surface area contributed by atoms with Gasteiger partial charge in [-0.25, -0.2) is 9.97 Å². The van der Waals surface area contributed by atoms with Gasteiger partial charge in [0.15, 0.2) is 0 Å². The van der Waals surface area contributed by atoms with Crippen LogP contribution in [-0.4, -0.2) is 19.1 Å². The van der Waals surface area contributed by atoms with Gasteiger partial charge in [0.1, 0.15) is 23.1 Å². The molecule has 7 heteroatoms. The van der Waals surface area contributed by atoms with E-state index in [9.17, 15) is 0 Å². The number of pyridine rings is 1. The highest BCUT2D eigenvalue weighted by molar-refractivity contribution is 6.09. The first-order valence-electron chi connectivity index (χ1n) is 24.0. The van der Waals surface area contributed by atoms with Crippen molar-refractivity contribution in [1.29, 1.82) is 0 Å². The van der Waals surface area contributed by atoms with Crippen molar-refractivity contribution in [3.8, 4) is 50.7 Å². The maximum atomic E-state index is 6.73. The fourth-order valence-electron chi connectivity index (χ4n) is 9.96. The van der Waals surface area contributed by atoms with Gasteiger partial charge in [0.05, 0.1) is 33.4 Å². The number of ether oxygens (including phenoxy) is 1. The van der Waals surface area contributed by atoms with Crippen LogP contribution in [0, 0.1) is 0 Å². The molecule has 8 aromatic carbocycles. The number of hydrogen-bond acceptors (Lipinski definition) is 5. The highest BCUT2D eigenvalue weighted by atomic mass is 16.5.